The molecule has 0 aliphatic carbocycles. The molecule has 0 aromatic carbocycles. The predicted molar refractivity (Wildman–Crippen MR) is 89.9 cm³/mol. The lowest BCUT2D eigenvalue weighted by atomic mass is 9.95. The molecule has 1 N–H and O–H groups in total. The van der Waals surface area contributed by atoms with Crippen LogP contribution in [-0.2, 0) is 29.7 Å². The summed E-state index contributed by atoms with van der Waals surface area (Å²) >= 11 is 1.76. The van der Waals surface area contributed by atoms with Crippen molar-refractivity contribution in [2.24, 2.45) is 7.05 Å². The highest BCUT2D eigenvalue weighted by molar-refractivity contribution is 7.07. The fraction of sp³-hybridized carbons (Fsp3) is 0.500. The standard InChI is InChI=1S/C14H19N3OS.C2HF3O2/c1-16-7-13-12(9-18-2)6-17(8-14(13)15-16)5-11-3-4-19-10-11;3-2(4,5)1(6)7/h3-4,7,10,12H,5-6,8-9H2,1-2H3;(H,6,7). The number of aliphatic carboxylic acids is 1. The maximum atomic E-state index is 10.6. The molecule has 6 nitrogen and oxygen atoms in total. The van der Waals surface area contributed by atoms with Gasteiger partial charge in [-0.2, -0.15) is 29.6 Å². The van der Waals surface area contributed by atoms with Gasteiger partial charge in [-0.05, 0) is 22.4 Å². The van der Waals surface area contributed by atoms with Crippen LogP contribution in [0.3, 0.4) is 0 Å². The molecule has 1 aliphatic rings. The van der Waals surface area contributed by atoms with Gasteiger partial charge in [-0.1, -0.05) is 0 Å². The van der Waals surface area contributed by atoms with Gasteiger partial charge in [-0.15, -0.1) is 0 Å². The van der Waals surface area contributed by atoms with E-state index in [2.05, 4.69) is 33.0 Å². The maximum Gasteiger partial charge on any atom is 0.490 e. The Kier molecular flexibility index (Phi) is 6.79. The van der Waals surface area contributed by atoms with Crippen molar-refractivity contribution in [2.45, 2.75) is 25.2 Å². The predicted octanol–water partition coefficient (Wildman–Crippen LogP) is 2.86. The first-order chi connectivity index (χ1) is 12.2. The molecule has 3 heterocycles. The Morgan fingerprint density at radius 2 is 2.19 bits per heavy atom. The number of rotatable bonds is 4. The molecule has 0 fully saturated rings. The minimum atomic E-state index is -5.08. The second-order valence-corrected chi connectivity index (χ2v) is 6.74. The summed E-state index contributed by atoms with van der Waals surface area (Å²) in [6, 6.07) is 2.20. The van der Waals surface area contributed by atoms with Crippen LogP contribution in [0.25, 0.3) is 0 Å². The number of thiophene rings is 1. The fourth-order valence-corrected chi connectivity index (χ4v) is 3.47. The van der Waals surface area contributed by atoms with Gasteiger partial charge in [0.2, 0.25) is 0 Å². The molecule has 0 spiro atoms. The third-order valence-corrected chi connectivity index (χ3v) is 4.56. The van der Waals surface area contributed by atoms with Crippen molar-refractivity contribution in [2.75, 3.05) is 20.3 Å². The Hall–Kier alpha value is -1.91. The first kappa shape index (κ1) is 20.4. The van der Waals surface area contributed by atoms with E-state index in [9.17, 15) is 13.2 Å². The van der Waals surface area contributed by atoms with Gasteiger partial charge in [0.25, 0.3) is 0 Å². The highest BCUT2D eigenvalue weighted by Gasteiger charge is 2.38. The summed E-state index contributed by atoms with van der Waals surface area (Å²) in [5.41, 5.74) is 3.94. The van der Waals surface area contributed by atoms with Gasteiger partial charge in [0.1, 0.15) is 0 Å². The van der Waals surface area contributed by atoms with Crippen LogP contribution >= 0.6 is 11.3 Å². The Morgan fingerprint density at radius 3 is 2.73 bits per heavy atom. The van der Waals surface area contributed by atoms with Crippen LogP contribution in [0.15, 0.2) is 23.0 Å². The molecule has 0 bridgehead atoms. The van der Waals surface area contributed by atoms with Crippen LogP contribution in [0.2, 0.25) is 0 Å². The molecule has 0 saturated heterocycles. The van der Waals surface area contributed by atoms with Crippen molar-refractivity contribution in [1.29, 1.82) is 0 Å². The minimum absolute atomic E-state index is 0.432. The maximum absolute atomic E-state index is 10.6. The van der Waals surface area contributed by atoms with Crippen LogP contribution in [0.1, 0.15) is 22.7 Å². The molecule has 0 radical (unpaired) electrons. The van der Waals surface area contributed by atoms with Crippen LogP contribution in [0.4, 0.5) is 13.2 Å². The lowest BCUT2D eigenvalue weighted by Crippen LogP contribution is -2.34. The minimum Gasteiger partial charge on any atom is -0.475 e. The zero-order valence-corrected chi connectivity index (χ0v) is 15.2. The van der Waals surface area contributed by atoms with Gasteiger partial charge < -0.3 is 9.84 Å². The van der Waals surface area contributed by atoms with Gasteiger partial charge in [0.05, 0.1) is 12.3 Å². The number of alkyl halides is 3. The number of carboxylic acids is 1. The molecule has 3 rings (SSSR count). The SMILES string of the molecule is COCC1CN(Cc2ccsc2)Cc2nn(C)cc21.O=C(O)C(F)(F)F. The molecule has 26 heavy (non-hydrogen) atoms. The summed E-state index contributed by atoms with van der Waals surface area (Å²) in [5, 5.41) is 16.1. The quantitative estimate of drug-likeness (QED) is 0.868. The summed E-state index contributed by atoms with van der Waals surface area (Å²) in [4.78, 5) is 11.4. The number of fused-ring (bicyclic) bond motifs is 1. The van der Waals surface area contributed by atoms with Crippen LogP contribution in [-0.4, -0.2) is 52.2 Å². The zero-order chi connectivity index (χ0) is 19.3. The van der Waals surface area contributed by atoms with E-state index >= 15 is 0 Å². The first-order valence-electron chi connectivity index (χ1n) is 7.75. The number of hydrogen-bond acceptors (Lipinski definition) is 5. The third kappa shape index (κ3) is 5.55. The van der Waals surface area contributed by atoms with Gasteiger partial charge in [0.15, 0.2) is 0 Å². The number of aryl methyl sites for hydroxylation is 1. The lowest BCUT2D eigenvalue weighted by molar-refractivity contribution is -0.192. The molecule has 0 amide bonds. The second-order valence-electron chi connectivity index (χ2n) is 5.96. The molecule has 1 unspecified atom stereocenters. The Bertz CT molecular complexity index is 716. The average Bonchev–Trinajstić information content (AvgIpc) is 3.16. The number of halogens is 3. The molecular formula is C16H20F3N3O3S. The van der Waals surface area contributed by atoms with E-state index in [0.29, 0.717) is 5.92 Å². The Labute approximate surface area is 152 Å². The molecule has 0 saturated carbocycles. The summed E-state index contributed by atoms with van der Waals surface area (Å²) in [6.45, 7) is 3.74. The van der Waals surface area contributed by atoms with Crippen molar-refractivity contribution in [3.05, 3.63) is 39.8 Å². The molecule has 10 heteroatoms. The second kappa shape index (κ2) is 8.65. The average molecular weight is 391 g/mol. The van der Waals surface area contributed by atoms with Crippen molar-refractivity contribution in [1.82, 2.24) is 14.7 Å². The van der Waals surface area contributed by atoms with Crippen molar-refractivity contribution in [3.8, 4) is 0 Å². The molecule has 2 aromatic heterocycles. The van der Waals surface area contributed by atoms with E-state index in [1.807, 2.05) is 11.7 Å². The van der Waals surface area contributed by atoms with Crippen molar-refractivity contribution >= 4 is 17.3 Å². The Balaban J connectivity index is 0.000000298. The summed E-state index contributed by atoms with van der Waals surface area (Å²) < 4.78 is 39.0. The van der Waals surface area contributed by atoms with E-state index in [1.165, 1.54) is 16.8 Å². The van der Waals surface area contributed by atoms with Gasteiger partial charge in [-0.3, -0.25) is 9.58 Å². The largest absolute Gasteiger partial charge is 0.490 e. The lowest BCUT2D eigenvalue weighted by Gasteiger charge is -2.31. The number of methoxy groups -OCH3 is 1. The molecule has 2 aromatic rings. The third-order valence-electron chi connectivity index (χ3n) is 3.83. The van der Waals surface area contributed by atoms with E-state index < -0.39 is 12.1 Å². The number of ether oxygens (including phenoxy) is 1. The van der Waals surface area contributed by atoms with Gasteiger partial charge in [0, 0.05) is 51.5 Å². The smallest absolute Gasteiger partial charge is 0.475 e. The monoisotopic (exact) mass is 391 g/mol. The van der Waals surface area contributed by atoms with Crippen LogP contribution < -0.4 is 0 Å². The molecular weight excluding hydrogens is 371 g/mol. The van der Waals surface area contributed by atoms with Crippen LogP contribution in [0, 0.1) is 0 Å². The van der Waals surface area contributed by atoms with Crippen molar-refractivity contribution in [3.63, 3.8) is 0 Å². The highest BCUT2D eigenvalue weighted by atomic mass is 32.1. The van der Waals surface area contributed by atoms with E-state index in [-0.39, 0.29) is 0 Å². The van der Waals surface area contributed by atoms with Crippen molar-refractivity contribution < 1.29 is 27.8 Å². The molecule has 144 valence electrons. The normalized spacial score (nSPS) is 17.3. The summed E-state index contributed by atoms with van der Waals surface area (Å²) in [6.07, 6.45) is -2.94. The van der Waals surface area contributed by atoms with Crippen LogP contribution in [0.5, 0.6) is 0 Å². The zero-order valence-electron chi connectivity index (χ0n) is 14.4. The number of hydrogen-bond donors (Lipinski definition) is 1. The van der Waals surface area contributed by atoms with E-state index in [4.69, 9.17) is 14.6 Å². The number of carbonyl (C=O) groups is 1. The topological polar surface area (TPSA) is 67.6 Å². The first-order valence-corrected chi connectivity index (χ1v) is 8.70. The number of nitrogens with zero attached hydrogens (tertiary/aromatic N) is 3. The molecule has 1 atom stereocenters. The van der Waals surface area contributed by atoms with Gasteiger partial charge >= 0.3 is 12.1 Å². The highest BCUT2D eigenvalue weighted by Crippen LogP contribution is 2.28. The summed E-state index contributed by atoms with van der Waals surface area (Å²) in [5.74, 6) is -2.33. The summed E-state index contributed by atoms with van der Waals surface area (Å²) in [7, 11) is 3.76. The molecule has 1 aliphatic heterocycles. The Morgan fingerprint density at radius 1 is 1.50 bits per heavy atom. The van der Waals surface area contributed by atoms with E-state index in [0.717, 1.165) is 26.2 Å². The number of carboxylic acid groups (broad SMARTS) is 1. The van der Waals surface area contributed by atoms with Gasteiger partial charge in [-0.25, -0.2) is 4.79 Å². The van der Waals surface area contributed by atoms with E-state index in [1.54, 1.807) is 18.4 Å². The fourth-order valence-electron chi connectivity index (χ4n) is 2.81. The number of aromatic nitrogens is 2.